The Morgan fingerprint density at radius 3 is 1.50 bits per heavy atom. The van der Waals surface area contributed by atoms with Gasteiger partial charge in [-0.1, -0.05) is 70.3 Å². The normalized spacial score (nSPS) is 11.9. The third kappa shape index (κ3) is 15.5. The standard InChI is InChI=1S/C18H34/c1-3-5-7-9-11-13-15-17-18-16-14-12-10-8-6-4-2/h5,7,17-18H,3-4,6,8-16H2,1-2H3. The van der Waals surface area contributed by atoms with Gasteiger partial charge >= 0.3 is 0 Å². The molecular formula is C18H34. The van der Waals surface area contributed by atoms with Crippen molar-refractivity contribution in [3.63, 3.8) is 0 Å². The molecule has 0 aromatic carbocycles. The van der Waals surface area contributed by atoms with Crippen LogP contribution in [0.4, 0.5) is 0 Å². The molecule has 0 fully saturated rings. The van der Waals surface area contributed by atoms with Crippen LogP contribution in [0.25, 0.3) is 0 Å². The van der Waals surface area contributed by atoms with Gasteiger partial charge in [0.25, 0.3) is 0 Å². The minimum absolute atomic E-state index is 1.18. The van der Waals surface area contributed by atoms with Gasteiger partial charge in [0.05, 0.1) is 0 Å². The van der Waals surface area contributed by atoms with E-state index < -0.39 is 0 Å². The van der Waals surface area contributed by atoms with Gasteiger partial charge in [-0.2, -0.15) is 0 Å². The predicted octanol–water partition coefficient (Wildman–Crippen LogP) is 6.82. The van der Waals surface area contributed by atoms with Crippen molar-refractivity contribution in [2.45, 2.75) is 90.9 Å². The van der Waals surface area contributed by atoms with Crippen molar-refractivity contribution < 1.29 is 0 Å². The third-order valence-electron chi connectivity index (χ3n) is 3.28. The maximum atomic E-state index is 2.39. The van der Waals surface area contributed by atoms with E-state index in [9.17, 15) is 0 Å². The van der Waals surface area contributed by atoms with Crippen molar-refractivity contribution >= 4 is 0 Å². The second-order valence-electron chi connectivity index (χ2n) is 5.19. The third-order valence-corrected chi connectivity index (χ3v) is 3.28. The summed E-state index contributed by atoms with van der Waals surface area (Å²) >= 11 is 0. The van der Waals surface area contributed by atoms with Crippen LogP contribution in [0.5, 0.6) is 0 Å². The molecule has 0 aliphatic rings. The molecule has 0 aliphatic carbocycles. The van der Waals surface area contributed by atoms with Crippen LogP contribution in [-0.2, 0) is 0 Å². The predicted molar refractivity (Wildman–Crippen MR) is 85.0 cm³/mol. The van der Waals surface area contributed by atoms with E-state index in [1.165, 1.54) is 77.0 Å². The first kappa shape index (κ1) is 17.5. The van der Waals surface area contributed by atoms with Gasteiger partial charge in [-0.05, 0) is 44.9 Å². The van der Waals surface area contributed by atoms with Gasteiger partial charge in [0.15, 0.2) is 0 Å². The minimum Gasteiger partial charge on any atom is -0.0888 e. The average Bonchev–Trinajstić information content (AvgIpc) is 2.39. The molecule has 0 rings (SSSR count). The Hall–Kier alpha value is -0.520. The first-order chi connectivity index (χ1) is 8.91. The first-order valence-corrected chi connectivity index (χ1v) is 8.21. The largest absolute Gasteiger partial charge is 0.0888 e. The van der Waals surface area contributed by atoms with E-state index >= 15 is 0 Å². The number of hydrogen-bond acceptors (Lipinski definition) is 0. The summed E-state index contributed by atoms with van der Waals surface area (Å²) < 4.78 is 0. The lowest BCUT2D eigenvalue weighted by molar-refractivity contribution is 0.611. The summed E-state index contributed by atoms with van der Waals surface area (Å²) in [6.07, 6.45) is 25.5. The smallest absolute Gasteiger partial charge is 0.0351 e. The monoisotopic (exact) mass is 250 g/mol. The highest BCUT2D eigenvalue weighted by atomic mass is 13.9. The van der Waals surface area contributed by atoms with E-state index in [0.717, 1.165) is 0 Å². The molecule has 0 aliphatic heterocycles. The molecule has 0 unspecified atom stereocenters. The number of allylic oxidation sites excluding steroid dienone is 4. The van der Waals surface area contributed by atoms with Crippen LogP contribution >= 0.6 is 0 Å². The summed E-state index contributed by atoms with van der Waals surface area (Å²) in [6.45, 7) is 4.47. The SMILES string of the molecule is CCC=CCCCCC=CCCCCCCCC. The Morgan fingerprint density at radius 1 is 0.500 bits per heavy atom. The molecule has 0 amide bonds. The van der Waals surface area contributed by atoms with Gasteiger partial charge in [0.1, 0.15) is 0 Å². The van der Waals surface area contributed by atoms with Gasteiger partial charge in [-0.25, -0.2) is 0 Å². The molecule has 0 N–H and O–H groups in total. The molecule has 0 aromatic rings. The average molecular weight is 250 g/mol. The van der Waals surface area contributed by atoms with Crippen LogP contribution in [0.15, 0.2) is 24.3 Å². The van der Waals surface area contributed by atoms with E-state index in [-0.39, 0.29) is 0 Å². The van der Waals surface area contributed by atoms with Crippen molar-refractivity contribution in [2.24, 2.45) is 0 Å². The van der Waals surface area contributed by atoms with Gasteiger partial charge in [-0.15, -0.1) is 0 Å². The summed E-state index contributed by atoms with van der Waals surface area (Å²) in [7, 11) is 0. The molecule has 0 bridgehead atoms. The number of rotatable bonds is 13. The molecule has 0 atom stereocenters. The van der Waals surface area contributed by atoms with Crippen LogP contribution in [0, 0.1) is 0 Å². The lowest BCUT2D eigenvalue weighted by atomic mass is 10.1. The Balaban J connectivity index is 3.07. The van der Waals surface area contributed by atoms with E-state index in [1.807, 2.05) is 0 Å². The van der Waals surface area contributed by atoms with Crippen molar-refractivity contribution in [3.8, 4) is 0 Å². The van der Waals surface area contributed by atoms with Crippen LogP contribution in [-0.4, -0.2) is 0 Å². The van der Waals surface area contributed by atoms with Crippen molar-refractivity contribution in [3.05, 3.63) is 24.3 Å². The van der Waals surface area contributed by atoms with E-state index in [0.29, 0.717) is 0 Å². The highest BCUT2D eigenvalue weighted by Gasteiger charge is 1.88. The quantitative estimate of drug-likeness (QED) is 0.248. The minimum atomic E-state index is 1.18. The fraction of sp³-hybridized carbons (Fsp3) is 0.778. The highest BCUT2D eigenvalue weighted by molar-refractivity contribution is 4.83. The zero-order valence-electron chi connectivity index (χ0n) is 12.8. The molecule has 0 aromatic heterocycles. The lowest BCUT2D eigenvalue weighted by Crippen LogP contribution is -1.78. The molecule has 106 valence electrons. The zero-order chi connectivity index (χ0) is 13.3. The summed E-state index contributed by atoms with van der Waals surface area (Å²) in [5.74, 6) is 0. The second-order valence-corrected chi connectivity index (χ2v) is 5.19. The number of unbranched alkanes of at least 4 members (excludes halogenated alkanes) is 9. The Labute approximate surface area is 116 Å². The van der Waals surface area contributed by atoms with Crippen molar-refractivity contribution in [1.82, 2.24) is 0 Å². The maximum Gasteiger partial charge on any atom is -0.0351 e. The maximum absolute atomic E-state index is 2.39. The summed E-state index contributed by atoms with van der Waals surface area (Å²) in [5, 5.41) is 0. The number of hydrogen-bond donors (Lipinski definition) is 0. The molecule has 0 radical (unpaired) electrons. The molecule has 0 spiro atoms. The molecular weight excluding hydrogens is 216 g/mol. The molecule has 0 heterocycles. The summed E-state index contributed by atoms with van der Waals surface area (Å²) in [4.78, 5) is 0. The summed E-state index contributed by atoms with van der Waals surface area (Å²) in [5.41, 5.74) is 0. The van der Waals surface area contributed by atoms with Crippen LogP contribution in [0.2, 0.25) is 0 Å². The van der Waals surface area contributed by atoms with Gasteiger partial charge in [-0.3, -0.25) is 0 Å². The van der Waals surface area contributed by atoms with E-state index in [1.54, 1.807) is 0 Å². The first-order valence-electron chi connectivity index (χ1n) is 8.21. The molecule has 0 saturated carbocycles. The van der Waals surface area contributed by atoms with E-state index in [2.05, 4.69) is 38.2 Å². The van der Waals surface area contributed by atoms with Gasteiger partial charge in [0, 0.05) is 0 Å². The van der Waals surface area contributed by atoms with Crippen LogP contribution in [0.1, 0.15) is 90.9 Å². The topological polar surface area (TPSA) is 0 Å². The van der Waals surface area contributed by atoms with E-state index in [4.69, 9.17) is 0 Å². The van der Waals surface area contributed by atoms with Crippen molar-refractivity contribution in [1.29, 1.82) is 0 Å². The Bertz CT molecular complexity index is 188. The summed E-state index contributed by atoms with van der Waals surface area (Å²) in [6, 6.07) is 0. The lowest BCUT2D eigenvalue weighted by Gasteiger charge is -1.97. The molecule has 18 heavy (non-hydrogen) atoms. The second kappa shape index (κ2) is 16.5. The Morgan fingerprint density at radius 2 is 0.944 bits per heavy atom. The fourth-order valence-corrected chi connectivity index (χ4v) is 2.09. The fourth-order valence-electron chi connectivity index (χ4n) is 2.09. The molecule has 0 saturated heterocycles. The van der Waals surface area contributed by atoms with Gasteiger partial charge < -0.3 is 0 Å². The van der Waals surface area contributed by atoms with Crippen molar-refractivity contribution in [2.75, 3.05) is 0 Å². The van der Waals surface area contributed by atoms with Crippen LogP contribution < -0.4 is 0 Å². The molecule has 0 heteroatoms. The molecule has 0 nitrogen and oxygen atoms in total. The Kier molecular flexibility index (Phi) is 16.0. The zero-order valence-corrected chi connectivity index (χ0v) is 12.8. The van der Waals surface area contributed by atoms with Crippen LogP contribution in [0.3, 0.4) is 0 Å². The van der Waals surface area contributed by atoms with Gasteiger partial charge in [0.2, 0.25) is 0 Å². The highest BCUT2D eigenvalue weighted by Crippen LogP contribution is 2.08.